The third-order valence-electron chi connectivity index (χ3n) is 3.94. The van der Waals surface area contributed by atoms with E-state index in [1.54, 1.807) is 0 Å². The summed E-state index contributed by atoms with van der Waals surface area (Å²) in [6, 6.07) is 8.14. The van der Waals surface area contributed by atoms with Gasteiger partial charge in [0.15, 0.2) is 0 Å². The highest BCUT2D eigenvalue weighted by molar-refractivity contribution is 7.80. The average Bonchev–Trinajstić information content (AvgIpc) is 2.88. The summed E-state index contributed by atoms with van der Waals surface area (Å²) in [5.74, 6) is -0.0157. The van der Waals surface area contributed by atoms with Crippen molar-refractivity contribution in [2.45, 2.75) is 39.2 Å². The molecule has 0 aromatic heterocycles. The van der Waals surface area contributed by atoms with Gasteiger partial charge in [-0.05, 0) is 25.3 Å². The van der Waals surface area contributed by atoms with Crippen molar-refractivity contribution >= 4 is 23.1 Å². The quantitative estimate of drug-likeness (QED) is 0.831. The van der Waals surface area contributed by atoms with Gasteiger partial charge in [0, 0.05) is 6.54 Å². The minimum Gasteiger partial charge on any atom is -0.392 e. The normalized spacial score (nSPS) is 17.1. The van der Waals surface area contributed by atoms with Crippen LogP contribution in [0.1, 0.15) is 36.8 Å². The summed E-state index contributed by atoms with van der Waals surface area (Å²) in [7, 11) is 0. The van der Waals surface area contributed by atoms with E-state index in [1.165, 1.54) is 5.56 Å². The Morgan fingerprint density at radius 3 is 2.42 bits per heavy atom. The van der Waals surface area contributed by atoms with Crippen LogP contribution in [0.5, 0.6) is 0 Å². The van der Waals surface area contributed by atoms with Gasteiger partial charge in [0.05, 0.1) is 10.4 Å². The number of thiocarbonyl (C=S) groups is 1. The van der Waals surface area contributed by atoms with Crippen molar-refractivity contribution in [3.8, 4) is 0 Å². The fraction of sp³-hybridized carbons (Fsp3) is 0.467. The number of aryl methyl sites for hydroxylation is 1. The smallest absolute Gasteiger partial charge is 0.233 e. The van der Waals surface area contributed by atoms with Gasteiger partial charge in [-0.3, -0.25) is 4.79 Å². The molecular formula is C15H20N2OS. The molecule has 1 fully saturated rings. The van der Waals surface area contributed by atoms with Gasteiger partial charge in [-0.2, -0.15) is 0 Å². The van der Waals surface area contributed by atoms with Gasteiger partial charge in [0.1, 0.15) is 0 Å². The monoisotopic (exact) mass is 276 g/mol. The van der Waals surface area contributed by atoms with Crippen LogP contribution in [0.4, 0.5) is 0 Å². The van der Waals surface area contributed by atoms with E-state index < -0.39 is 5.41 Å². The van der Waals surface area contributed by atoms with Gasteiger partial charge < -0.3 is 11.1 Å². The second-order valence-electron chi connectivity index (χ2n) is 5.32. The second kappa shape index (κ2) is 5.70. The van der Waals surface area contributed by atoms with E-state index in [2.05, 4.69) is 5.32 Å². The van der Waals surface area contributed by atoms with E-state index >= 15 is 0 Å². The summed E-state index contributed by atoms with van der Waals surface area (Å²) < 4.78 is 0. The van der Waals surface area contributed by atoms with E-state index in [0.29, 0.717) is 11.5 Å². The maximum atomic E-state index is 12.4. The molecule has 1 aromatic carbocycles. The molecule has 102 valence electrons. The van der Waals surface area contributed by atoms with Crippen LogP contribution < -0.4 is 11.1 Å². The van der Waals surface area contributed by atoms with Gasteiger partial charge in [0.25, 0.3) is 0 Å². The molecule has 0 atom stereocenters. The highest BCUT2D eigenvalue weighted by atomic mass is 32.1. The van der Waals surface area contributed by atoms with Crippen molar-refractivity contribution in [3.63, 3.8) is 0 Å². The first kappa shape index (κ1) is 14.0. The largest absolute Gasteiger partial charge is 0.392 e. The van der Waals surface area contributed by atoms with Crippen molar-refractivity contribution in [2.75, 3.05) is 0 Å². The molecule has 4 heteroatoms. The number of rotatable bonds is 4. The maximum absolute atomic E-state index is 12.4. The molecule has 3 nitrogen and oxygen atoms in total. The molecular weight excluding hydrogens is 256 g/mol. The van der Waals surface area contributed by atoms with Crippen LogP contribution in [0.3, 0.4) is 0 Å². The first-order valence-corrected chi connectivity index (χ1v) is 7.09. The number of carbonyl (C=O) groups is 1. The number of benzene rings is 1. The zero-order chi connectivity index (χ0) is 13.9. The second-order valence-corrected chi connectivity index (χ2v) is 5.76. The van der Waals surface area contributed by atoms with Crippen LogP contribution in [0.25, 0.3) is 0 Å². The third kappa shape index (κ3) is 2.95. The van der Waals surface area contributed by atoms with E-state index in [4.69, 9.17) is 18.0 Å². The number of hydrogen-bond donors (Lipinski definition) is 2. The molecule has 0 bridgehead atoms. The highest BCUT2D eigenvalue weighted by Gasteiger charge is 2.43. The lowest BCUT2D eigenvalue weighted by Crippen LogP contribution is -2.46. The van der Waals surface area contributed by atoms with E-state index in [1.807, 2.05) is 31.2 Å². The predicted octanol–water partition coefficient (Wildman–Crippen LogP) is 2.46. The van der Waals surface area contributed by atoms with E-state index in [-0.39, 0.29) is 5.91 Å². The number of nitrogens with one attached hydrogen (secondary N) is 1. The summed E-state index contributed by atoms with van der Waals surface area (Å²) in [5, 5.41) is 2.98. The number of nitrogens with two attached hydrogens (primary N) is 1. The van der Waals surface area contributed by atoms with Gasteiger partial charge in [-0.1, -0.05) is 54.9 Å². The third-order valence-corrected chi connectivity index (χ3v) is 4.33. The SMILES string of the molecule is Cc1ccc(CNC(=O)C2(C(N)=S)CCCC2)cc1. The Labute approximate surface area is 119 Å². The molecule has 0 heterocycles. The lowest BCUT2D eigenvalue weighted by Gasteiger charge is -2.26. The number of hydrogen-bond acceptors (Lipinski definition) is 2. The fourth-order valence-corrected chi connectivity index (χ4v) is 2.92. The van der Waals surface area contributed by atoms with E-state index in [9.17, 15) is 4.79 Å². The van der Waals surface area contributed by atoms with E-state index in [0.717, 1.165) is 31.2 Å². The standard InChI is InChI=1S/C15H20N2OS/c1-11-4-6-12(7-5-11)10-17-14(18)15(13(16)19)8-2-3-9-15/h4-7H,2-3,8-10H2,1H3,(H2,16,19)(H,17,18). The maximum Gasteiger partial charge on any atom is 0.233 e. The number of carbonyl (C=O) groups excluding carboxylic acids is 1. The molecule has 1 amide bonds. The molecule has 1 aromatic rings. The first-order valence-electron chi connectivity index (χ1n) is 6.68. The molecule has 1 aliphatic rings. The molecule has 0 spiro atoms. The summed E-state index contributed by atoms with van der Waals surface area (Å²) in [6.07, 6.45) is 3.61. The van der Waals surface area contributed by atoms with Crippen LogP contribution in [-0.4, -0.2) is 10.9 Å². The summed E-state index contributed by atoms with van der Waals surface area (Å²) in [5.41, 5.74) is 7.49. The van der Waals surface area contributed by atoms with Gasteiger partial charge in [-0.25, -0.2) is 0 Å². The Balaban J connectivity index is 2.00. The molecule has 0 aliphatic heterocycles. The first-order chi connectivity index (χ1) is 9.04. The minimum atomic E-state index is -0.611. The number of amides is 1. The lowest BCUT2D eigenvalue weighted by atomic mass is 9.85. The molecule has 0 unspecified atom stereocenters. The zero-order valence-corrected chi connectivity index (χ0v) is 12.1. The lowest BCUT2D eigenvalue weighted by molar-refractivity contribution is -0.127. The van der Waals surface area contributed by atoms with Gasteiger partial charge in [0.2, 0.25) is 5.91 Å². The van der Waals surface area contributed by atoms with Crippen LogP contribution in [-0.2, 0) is 11.3 Å². The predicted molar refractivity (Wildman–Crippen MR) is 80.7 cm³/mol. The van der Waals surface area contributed by atoms with Gasteiger partial charge in [-0.15, -0.1) is 0 Å². The zero-order valence-electron chi connectivity index (χ0n) is 11.2. The molecule has 0 saturated heterocycles. The van der Waals surface area contributed by atoms with Crippen LogP contribution >= 0.6 is 12.2 Å². The van der Waals surface area contributed by atoms with Crippen molar-refractivity contribution in [1.82, 2.24) is 5.32 Å². The summed E-state index contributed by atoms with van der Waals surface area (Å²) in [4.78, 5) is 12.7. The van der Waals surface area contributed by atoms with Crippen LogP contribution in [0.15, 0.2) is 24.3 Å². The fourth-order valence-electron chi connectivity index (χ4n) is 2.62. The molecule has 2 rings (SSSR count). The molecule has 0 radical (unpaired) electrons. The molecule has 19 heavy (non-hydrogen) atoms. The van der Waals surface area contributed by atoms with Gasteiger partial charge >= 0.3 is 0 Å². The highest BCUT2D eigenvalue weighted by Crippen LogP contribution is 2.38. The minimum absolute atomic E-state index is 0.0157. The summed E-state index contributed by atoms with van der Waals surface area (Å²) >= 11 is 5.11. The topological polar surface area (TPSA) is 55.1 Å². The molecule has 3 N–H and O–H groups in total. The molecule has 1 saturated carbocycles. The Morgan fingerprint density at radius 2 is 1.89 bits per heavy atom. The van der Waals surface area contributed by atoms with Crippen molar-refractivity contribution < 1.29 is 4.79 Å². The van der Waals surface area contributed by atoms with Crippen LogP contribution in [0, 0.1) is 12.3 Å². The van der Waals surface area contributed by atoms with Crippen molar-refractivity contribution in [1.29, 1.82) is 0 Å². The Hall–Kier alpha value is -1.42. The van der Waals surface area contributed by atoms with Crippen molar-refractivity contribution in [2.24, 2.45) is 11.1 Å². The van der Waals surface area contributed by atoms with Crippen molar-refractivity contribution in [3.05, 3.63) is 35.4 Å². The Kier molecular flexibility index (Phi) is 4.20. The van der Waals surface area contributed by atoms with Crippen LogP contribution in [0.2, 0.25) is 0 Å². The Bertz CT molecular complexity index is 475. The summed E-state index contributed by atoms with van der Waals surface area (Å²) in [6.45, 7) is 2.58. The molecule has 1 aliphatic carbocycles. The average molecular weight is 276 g/mol. The Morgan fingerprint density at radius 1 is 1.32 bits per heavy atom.